The third-order valence-corrected chi connectivity index (χ3v) is 4.96. The lowest BCUT2D eigenvalue weighted by Crippen LogP contribution is -2.53. The number of carboxylic acid groups (broad SMARTS) is 1. The number of carbonyl (C=O) groups is 8. The molecule has 0 aromatic carbocycles. The Bertz CT molecular complexity index is 1010. The number of ether oxygens (including phenoxy) is 1. The van der Waals surface area contributed by atoms with Crippen molar-refractivity contribution in [3.8, 4) is 0 Å². The summed E-state index contributed by atoms with van der Waals surface area (Å²) in [5.41, 5.74) is -0.765. The number of amides is 7. The fourth-order valence-electron chi connectivity index (χ4n) is 3.04. The molecule has 0 bridgehead atoms. The van der Waals surface area contributed by atoms with Gasteiger partial charge in [-0.15, -0.1) is 0 Å². The SMILES string of the molecule is CC(C)C[C@H](NC(=O)OC(C)(C)C)C(=O)NCC(=O)N[C@@H](C)C(=O)NCC(=O)NCC(=O)N[C@@H](C)C(=O)NCC(=O)O. The molecule has 0 heterocycles. The molecule has 17 heteroatoms. The maximum atomic E-state index is 12.6. The van der Waals surface area contributed by atoms with Crippen molar-refractivity contribution in [3.63, 3.8) is 0 Å². The summed E-state index contributed by atoms with van der Waals surface area (Å²) in [6.45, 7) is 9.28. The number of carboxylic acids is 1. The van der Waals surface area contributed by atoms with Crippen LogP contribution in [0.2, 0.25) is 0 Å². The summed E-state index contributed by atoms with van der Waals surface area (Å²) in [6.07, 6.45) is -0.492. The van der Waals surface area contributed by atoms with E-state index in [0.717, 1.165) is 0 Å². The van der Waals surface area contributed by atoms with E-state index in [1.165, 1.54) is 13.8 Å². The maximum Gasteiger partial charge on any atom is 0.408 e. The van der Waals surface area contributed by atoms with Crippen molar-refractivity contribution in [3.05, 3.63) is 0 Å². The number of carbonyl (C=O) groups excluding carboxylic acids is 7. The summed E-state index contributed by atoms with van der Waals surface area (Å²) in [5.74, 6) is -5.44. The molecule has 7 amide bonds. The van der Waals surface area contributed by atoms with Gasteiger partial charge in [0.25, 0.3) is 0 Å². The maximum absolute atomic E-state index is 12.6. The molecule has 3 atom stereocenters. The standard InChI is InChI=1S/C25H43N7O10/c1-13(2)8-16(32-24(41)42-25(5,6)7)23(40)28-11-19(35)31-14(3)21(38)27-9-17(33)26-10-18(34)30-15(4)22(39)29-12-20(36)37/h13-16H,8-12H2,1-7H3,(H,26,33)(H,27,38)(H,28,40)(H,29,39)(H,30,34)(H,31,35)(H,32,41)(H,36,37)/t14-,15-,16-/m0/s1. The fourth-order valence-corrected chi connectivity index (χ4v) is 3.04. The first-order valence-electron chi connectivity index (χ1n) is 13.2. The lowest BCUT2D eigenvalue weighted by molar-refractivity contribution is -0.138. The highest BCUT2D eigenvalue weighted by Crippen LogP contribution is 2.09. The van der Waals surface area contributed by atoms with E-state index in [2.05, 4.69) is 37.2 Å². The van der Waals surface area contributed by atoms with Crippen molar-refractivity contribution < 1.29 is 48.2 Å². The Morgan fingerprint density at radius 3 is 1.50 bits per heavy atom. The summed E-state index contributed by atoms with van der Waals surface area (Å²) in [7, 11) is 0. The lowest BCUT2D eigenvalue weighted by atomic mass is 10.0. The van der Waals surface area contributed by atoms with Gasteiger partial charge in [0.05, 0.1) is 19.6 Å². The molecule has 0 aromatic heterocycles. The van der Waals surface area contributed by atoms with Gasteiger partial charge in [0.15, 0.2) is 0 Å². The highest BCUT2D eigenvalue weighted by Gasteiger charge is 2.26. The first-order chi connectivity index (χ1) is 19.3. The Morgan fingerprint density at radius 2 is 1.05 bits per heavy atom. The highest BCUT2D eigenvalue weighted by atomic mass is 16.6. The Morgan fingerprint density at radius 1 is 0.619 bits per heavy atom. The molecule has 8 N–H and O–H groups in total. The molecule has 0 aliphatic rings. The van der Waals surface area contributed by atoms with Crippen molar-refractivity contribution in [2.75, 3.05) is 26.2 Å². The molecule has 0 spiro atoms. The van der Waals surface area contributed by atoms with E-state index in [1.54, 1.807) is 20.8 Å². The van der Waals surface area contributed by atoms with Gasteiger partial charge in [-0.3, -0.25) is 33.6 Å². The summed E-state index contributed by atoms with van der Waals surface area (Å²) in [4.78, 5) is 95.1. The Balaban J connectivity index is 4.54. The number of aliphatic carboxylic acids is 1. The minimum Gasteiger partial charge on any atom is -0.480 e. The van der Waals surface area contributed by atoms with Gasteiger partial charge in [-0.25, -0.2) is 4.79 Å². The van der Waals surface area contributed by atoms with Crippen molar-refractivity contribution >= 4 is 47.5 Å². The zero-order chi connectivity index (χ0) is 32.6. The molecule has 0 rings (SSSR count). The molecule has 42 heavy (non-hydrogen) atoms. The average molecular weight is 602 g/mol. The molecule has 0 saturated carbocycles. The highest BCUT2D eigenvalue weighted by molar-refractivity contribution is 5.94. The molecule has 0 radical (unpaired) electrons. The third-order valence-electron chi connectivity index (χ3n) is 4.96. The molecule has 17 nitrogen and oxygen atoms in total. The van der Waals surface area contributed by atoms with Crippen LogP contribution in [0.25, 0.3) is 0 Å². The second-order valence-electron chi connectivity index (χ2n) is 10.7. The molecule has 0 aromatic rings. The first-order valence-corrected chi connectivity index (χ1v) is 13.2. The lowest BCUT2D eigenvalue weighted by Gasteiger charge is -2.24. The van der Waals surface area contributed by atoms with Crippen LogP contribution in [0.4, 0.5) is 4.79 Å². The molecule has 0 fully saturated rings. The number of hydrogen-bond donors (Lipinski definition) is 8. The molecule has 0 aliphatic carbocycles. The molecule has 0 unspecified atom stereocenters. The predicted molar refractivity (Wildman–Crippen MR) is 147 cm³/mol. The van der Waals surface area contributed by atoms with Crippen LogP contribution in [0.15, 0.2) is 0 Å². The average Bonchev–Trinajstić information content (AvgIpc) is 2.85. The number of rotatable bonds is 16. The molecular weight excluding hydrogens is 558 g/mol. The topological polar surface area (TPSA) is 250 Å². The van der Waals surface area contributed by atoms with Crippen LogP contribution >= 0.6 is 0 Å². The number of nitrogens with one attached hydrogen (secondary N) is 7. The van der Waals surface area contributed by atoms with E-state index in [9.17, 15) is 38.4 Å². The fraction of sp³-hybridized carbons (Fsp3) is 0.680. The quantitative estimate of drug-likeness (QED) is 0.0922. The summed E-state index contributed by atoms with van der Waals surface area (Å²) >= 11 is 0. The van der Waals surface area contributed by atoms with Crippen LogP contribution in [0, 0.1) is 5.92 Å². The molecule has 238 valence electrons. The first kappa shape index (κ1) is 37.6. The van der Waals surface area contributed by atoms with Crippen LogP contribution in [-0.2, 0) is 38.3 Å². The smallest absolute Gasteiger partial charge is 0.408 e. The zero-order valence-electron chi connectivity index (χ0n) is 25.0. The number of alkyl carbamates (subject to hydrolysis) is 1. The van der Waals surface area contributed by atoms with Crippen molar-refractivity contribution in [1.29, 1.82) is 0 Å². The zero-order valence-corrected chi connectivity index (χ0v) is 25.0. The Hall–Kier alpha value is -4.44. The monoisotopic (exact) mass is 601 g/mol. The molecule has 0 saturated heterocycles. The summed E-state index contributed by atoms with van der Waals surface area (Å²) in [5, 5.41) is 24.7. The van der Waals surface area contributed by atoms with Gasteiger partial charge < -0.3 is 47.1 Å². The minimum atomic E-state index is -1.25. The Kier molecular flexibility index (Phi) is 16.2. The van der Waals surface area contributed by atoms with E-state index in [0.29, 0.717) is 0 Å². The normalized spacial score (nSPS) is 13.0. The van der Waals surface area contributed by atoms with Gasteiger partial charge >= 0.3 is 12.1 Å². The third kappa shape index (κ3) is 18.0. The van der Waals surface area contributed by atoms with Crippen LogP contribution in [0.5, 0.6) is 0 Å². The predicted octanol–water partition coefficient (Wildman–Crippen LogP) is -2.52. The van der Waals surface area contributed by atoms with E-state index in [4.69, 9.17) is 9.84 Å². The van der Waals surface area contributed by atoms with Gasteiger partial charge in [-0.05, 0) is 47.0 Å². The molecular formula is C25H43N7O10. The summed E-state index contributed by atoms with van der Waals surface area (Å²) < 4.78 is 5.18. The van der Waals surface area contributed by atoms with Gasteiger partial charge in [0.2, 0.25) is 35.4 Å². The second-order valence-corrected chi connectivity index (χ2v) is 10.7. The molecule has 0 aliphatic heterocycles. The minimum absolute atomic E-state index is 0.0420. The van der Waals surface area contributed by atoms with Crippen LogP contribution in [0.3, 0.4) is 0 Å². The van der Waals surface area contributed by atoms with E-state index >= 15 is 0 Å². The van der Waals surface area contributed by atoms with E-state index in [1.807, 2.05) is 13.8 Å². The van der Waals surface area contributed by atoms with E-state index < -0.39 is 97.4 Å². The Labute approximate surface area is 244 Å². The van der Waals surface area contributed by atoms with Crippen molar-refractivity contribution in [2.45, 2.75) is 78.6 Å². The van der Waals surface area contributed by atoms with E-state index in [-0.39, 0.29) is 12.3 Å². The summed E-state index contributed by atoms with van der Waals surface area (Å²) in [6, 6.07) is -3.08. The van der Waals surface area contributed by atoms with Crippen LogP contribution in [-0.4, -0.2) is 103 Å². The van der Waals surface area contributed by atoms with Gasteiger partial charge in [-0.2, -0.15) is 0 Å². The van der Waals surface area contributed by atoms with Gasteiger partial charge in [0, 0.05) is 0 Å². The largest absolute Gasteiger partial charge is 0.480 e. The van der Waals surface area contributed by atoms with Crippen molar-refractivity contribution in [2.24, 2.45) is 5.92 Å². The number of hydrogen-bond acceptors (Lipinski definition) is 9. The van der Waals surface area contributed by atoms with Crippen molar-refractivity contribution in [1.82, 2.24) is 37.2 Å². The van der Waals surface area contributed by atoms with Gasteiger partial charge in [0.1, 0.15) is 30.3 Å². The van der Waals surface area contributed by atoms with Gasteiger partial charge in [-0.1, -0.05) is 13.8 Å². The second kappa shape index (κ2) is 18.1. The van der Waals surface area contributed by atoms with Crippen LogP contribution in [0.1, 0.15) is 54.9 Å². The van der Waals surface area contributed by atoms with Crippen LogP contribution < -0.4 is 37.2 Å².